The topological polar surface area (TPSA) is 67.6 Å². The van der Waals surface area contributed by atoms with Crippen molar-refractivity contribution in [3.63, 3.8) is 0 Å². The molecule has 26 heavy (non-hydrogen) atoms. The highest BCUT2D eigenvalue weighted by molar-refractivity contribution is 5.75. The second-order valence-corrected chi connectivity index (χ2v) is 6.86. The molecule has 3 rings (SSSR count). The minimum atomic E-state index is 0.0463. The van der Waals surface area contributed by atoms with E-state index in [0.29, 0.717) is 19.0 Å². The first-order chi connectivity index (χ1) is 12.6. The van der Waals surface area contributed by atoms with Crippen molar-refractivity contribution >= 4 is 5.91 Å². The van der Waals surface area contributed by atoms with Crippen LogP contribution >= 0.6 is 0 Å². The smallest absolute Gasteiger partial charge is 0.220 e. The minimum absolute atomic E-state index is 0.0463. The molecule has 0 aliphatic carbocycles. The monoisotopic (exact) mass is 357 g/mol. The summed E-state index contributed by atoms with van der Waals surface area (Å²) in [6.45, 7) is 8.07. The molecule has 1 aromatic carbocycles. The molecule has 0 saturated carbocycles. The van der Waals surface area contributed by atoms with Gasteiger partial charge in [-0.25, -0.2) is 0 Å². The van der Waals surface area contributed by atoms with E-state index in [1.165, 1.54) is 5.56 Å². The lowest BCUT2D eigenvalue weighted by atomic mass is 10.1. The number of nitrogens with one attached hydrogen (secondary N) is 1. The summed E-state index contributed by atoms with van der Waals surface area (Å²) in [4.78, 5) is 14.5. The van der Waals surface area contributed by atoms with Gasteiger partial charge >= 0.3 is 0 Å². The van der Waals surface area contributed by atoms with E-state index in [-0.39, 0.29) is 5.91 Å². The normalized spacial score (nSPS) is 16.4. The zero-order valence-electron chi connectivity index (χ0n) is 15.5. The number of nitrogens with zero attached hydrogens (tertiary/aromatic N) is 2. The number of morpholine rings is 1. The third-order valence-electron chi connectivity index (χ3n) is 4.82. The van der Waals surface area contributed by atoms with Crippen molar-refractivity contribution in [3.05, 3.63) is 41.6 Å². The van der Waals surface area contributed by atoms with Crippen molar-refractivity contribution in [2.24, 2.45) is 0 Å². The number of carbonyl (C=O) groups excluding carboxylic acids is 1. The van der Waals surface area contributed by atoms with Gasteiger partial charge in [0.05, 0.1) is 19.8 Å². The Bertz CT molecular complexity index is 705. The maximum Gasteiger partial charge on any atom is 0.220 e. The lowest BCUT2D eigenvalue weighted by molar-refractivity contribution is -0.121. The van der Waals surface area contributed by atoms with Crippen molar-refractivity contribution in [3.8, 4) is 11.3 Å². The summed E-state index contributed by atoms with van der Waals surface area (Å²) in [5.41, 5.74) is 2.92. The largest absolute Gasteiger partial charge is 0.379 e. The van der Waals surface area contributed by atoms with Crippen LogP contribution in [0.25, 0.3) is 11.3 Å². The second kappa shape index (κ2) is 8.96. The van der Waals surface area contributed by atoms with E-state index in [2.05, 4.69) is 22.3 Å². The van der Waals surface area contributed by atoms with E-state index in [4.69, 9.17) is 9.26 Å². The van der Waals surface area contributed by atoms with Crippen molar-refractivity contribution in [2.75, 3.05) is 26.3 Å². The molecule has 1 amide bonds. The molecular weight excluding hydrogens is 330 g/mol. The Balaban J connectivity index is 1.42. The van der Waals surface area contributed by atoms with Gasteiger partial charge in [-0.1, -0.05) is 35.0 Å². The number of benzene rings is 1. The van der Waals surface area contributed by atoms with Gasteiger partial charge in [0.2, 0.25) is 5.91 Å². The fourth-order valence-corrected chi connectivity index (χ4v) is 3.07. The molecule has 0 bridgehead atoms. The maximum absolute atomic E-state index is 12.1. The molecule has 1 fully saturated rings. The van der Waals surface area contributed by atoms with E-state index in [9.17, 15) is 4.79 Å². The van der Waals surface area contributed by atoms with Crippen LogP contribution in [0.2, 0.25) is 0 Å². The molecule has 6 nitrogen and oxygen atoms in total. The van der Waals surface area contributed by atoms with Gasteiger partial charge in [-0.3, -0.25) is 9.69 Å². The zero-order valence-corrected chi connectivity index (χ0v) is 15.5. The molecule has 0 unspecified atom stereocenters. The van der Waals surface area contributed by atoms with Crippen molar-refractivity contribution in [1.82, 2.24) is 15.4 Å². The Morgan fingerprint density at radius 1 is 1.27 bits per heavy atom. The van der Waals surface area contributed by atoms with E-state index in [0.717, 1.165) is 49.7 Å². The summed E-state index contributed by atoms with van der Waals surface area (Å²) in [5.74, 6) is 0.764. The number of amides is 1. The van der Waals surface area contributed by atoms with Crippen LogP contribution in [0.1, 0.15) is 31.0 Å². The van der Waals surface area contributed by atoms with Gasteiger partial charge in [-0.05, 0) is 20.3 Å². The fraction of sp³-hybridized carbons (Fsp3) is 0.500. The van der Waals surface area contributed by atoms with Crippen LogP contribution in [-0.2, 0) is 16.1 Å². The van der Waals surface area contributed by atoms with E-state index in [1.54, 1.807) is 0 Å². The number of hydrogen-bond acceptors (Lipinski definition) is 5. The number of aryl methyl sites for hydroxylation is 1. The summed E-state index contributed by atoms with van der Waals surface area (Å²) in [7, 11) is 0. The SMILES string of the molecule is Cc1ccc(-c2cc(CNC(=O)CC[C@@H](C)N3CCOCC3)no2)cc1. The Morgan fingerprint density at radius 3 is 2.73 bits per heavy atom. The summed E-state index contributed by atoms with van der Waals surface area (Å²) >= 11 is 0. The highest BCUT2D eigenvalue weighted by Crippen LogP contribution is 2.20. The van der Waals surface area contributed by atoms with Gasteiger partial charge in [0.15, 0.2) is 5.76 Å². The van der Waals surface area contributed by atoms with Gasteiger partial charge in [0, 0.05) is 37.2 Å². The number of ether oxygens (including phenoxy) is 1. The highest BCUT2D eigenvalue weighted by atomic mass is 16.5. The molecule has 2 aromatic rings. The molecule has 1 N–H and O–H groups in total. The van der Waals surface area contributed by atoms with Gasteiger partial charge in [-0.15, -0.1) is 0 Å². The highest BCUT2D eigenvalue weighted by Gasteiger charge is 2.17. The van der Waals surface area contributed by atoms with Crippen LogP contribution in [0, 0.1) is 6.92 Å². The Morgan fingerprint density at radius 2 is 2.00 bits per heavy atom. The molecule has 6 heteroatoms. The standard InChI is InChI=1S/C20H27N3O3/c1-15-3-6-17(7-4-15)19-13-18(22-26-19)14-21-20(24)8-5-16(2)23-9-11-25-12-10-23/h3-4,6-7,13,16H,5,8-12,14H2,1-2H3,(H,21,24)/t16-/m1/s1. The molecule has 140 valence electrons. The number of rotatable bonds is 7. The number of hydrogen-bond donors (Lipinski definition) is 1. The van der Waals surface area contributed by atoms with Gasteiger partial charge in [-0.2, -0.15) is 0 Å². The molecular formula is C20H27N3O3. The zero-order chi connectivity index (χ0) is 18.4. The average Bonchev–Trinajstić information content (AvgIpc) is 3.14. The van der Waals surface area contributed by atoms with Crippen molar-refractivity contribution < 1.29 is 14.1 Å². The first kappa shape index (κ1) is 18.6. The Hall–Kier alpha value is -2.18. The molecule has 2 heterocycles. The molecule has 1 aliphatic rings. The molecule has 1 atom stereocenters. The van der Waals surface area contributed by atoms with Crippen LogP contribution in [0.4, 0.5) is 0 Å². The van der Waals surface area contributed by atoms with E-state index in [1.807, 2.05) is 37.3 Å². The molecule has 0 radical (unpaired) electrons. The first-order valence-electron chi connectivity index (χ1n) is 9.23. The molecule has 1 saturated heterocycles. The van der Waals surface area contributed by atoms with Gasteiger partial charge in [0.25, 0.3) is 0 Å². The molecule has 1 aliphatic heterocycles. The van der Waals surface area contributed by atoms with Crippen LogP contribution in [0.5, 0.6) is 0 Å². The second-order valence-electron chi connectivity index (χ2n) is 6.86. The van der Waals surface area contributed by atoms with Gasteiger partial charge in [0.1, 0.15) is 5.69 Å². The van der Waals surface area contributed by atoms with E-state index < -0.39 is 0 Å². The molecule has 0 spiro atoms. The summed E-state index contributed by atoms with van der Waals surface area (Å²) < 4.78 is 10.7. The Kier molecular flexibility index (Phi) is 6.41. The van der Waals surface area contributed by atoms with Gasteiger partial charge < -0.3 is 14.6 Å². The third kappa shape index (κ3) is 5.16. The number of carbonyl (C=O) groups is 1. The minimum Gasteiger partial charge on any atom is -0.379 e. The maximum atomic E-state index is 12.1. The van der Waals surface area contributed by atoms with E-state index >= 15 is 0 Å². The van der Waals surface area contributed by atoms with Crippen LogP contribution in [-0.4, -0.2) is 48.3 Å². The van der Waals surface area contributed by atoms with Crippen LogP contribution < -0.4 is 5.32 Å². The lowest BCUT2D eigenvalue weighted by Crippen LogP contribution is -2.42. The predicted octanol–water partition coefficient (Wildman–Crippen LogP) is 2.77. The number of aromatic nitrogens is 1. The predicted molar refractivity (Wildman–Crippen MR) is 99.6 cm³/mol. The van der Waals surface area contributed by atoms with Crippen molar-refractivity contribution in [2.45, 2.75) is 39.3 Å². The summed E-state index contributed by atoms with van der Waals surface area (Å²) in [6.07, 6.45) is 1.36. The van der Waals surface area contributed by atoms with Crippen molar-refractivity contribution in [1.29, 1.82) is 0 Å². The molecule has 1 aromatic heterocycles. The summed E-state index contributed by atoms with van der Waals surface area (Å²) in [6, 6.07) is 10.4. The first-order valence-corrected chi connectivity index (χ1v) is 9.23. The Labute approximate surface area is 154 Å². The lowest BCUT2D eigenvalue weighted by Gasteiger charge is -2.32. The quantitative estimate of drug-likeness (QED) is 0.825. The summed E-state index contributed by atoms with van der Waals surface area (Å²) in [5, 5.41) is 6.97. The van der Waals surface area contributed by atoms with Crippen LogP contribution in [0.3, 0.4) is 0 Å². The third-order valence-corrected chi connectivity index (χ3v) is 4.82. The average molecular weight is 357 g/mol. The van der Waals surface area contributed by atoms with Crippen LogP contribution in [0.15, 0.2) is 34.9 Å². The fourth-order valence-electron chi connectivity index (χ4n) is 3.07.